The van der Waals surface area contributed by atoms with Crippen molar-refractivity contribution in [2.24, 2.45) is 0 Å². The van der Waals surface area contributed by atoms with Crippen LogP contribution in [0.5, 0.6) is 0 Å². The lowest BCUT2D eigenvalue weighted by Gasteiger charge is -2.34. The van der Waals surface area contributed by atoms with E-state index in [1.807, 2.05) is 66.4 Å². The molecule has 4 heterocycles. The van der Waals surface area contributed by atoms with Crippen molar-refractivity contribution < 1.29 is 9.59 Å². The average Bonchev–Trinajstić information content (AvgIpc) is 3.52. The van der Waals surface area contributed by atoms with Gasteiger partial charge in [0, 0.05) is 75.5 Å². The third-order valence-electron chi connectivity index (χ3n) is 7.69. The molecule has 2 bridgehead atoms. The number of benzene rings is 1. The van der Waals surface area contributed by atoms with Gasteiger partial charge in [0.25, 0.3) is 5.91 Å². The Morgan fingerprint density at radius 1 is 0.973 bits per heavy atom. The molecule has 0 aliphatic carbocycles. The number of pyridine rings is 1. The SMILES string of the molecule is CC(=O)N1CC[C@H]2CC[C@@H](CN(C(=O)c3ccnn3C(C)C)Cc3ccccc31)N2Cc1ccncc1. The molecule has 0 spiro atoms. The van der Waals surface area contributed by atoms with E-state index in [0.29, 0.717) is 31.4 Å². The number of rotatable bonds is 4. The fourth-order valence-corrected chi connectivity index (χ4v) is 5.85. The maximum atomic E-state index is 14.1. The molecule has 0 saturated carbocycles. The molecule has 0 unspecified atom stereocenters. The number of fused-ring (bicyclic) bond motifs is 3. The van der Waals surface area contributed by atoms with Crippen LogP contribution >= 0.6 is 0 Å². The van der Waals surface area contributed by atoms with Crippen molar-refractivity contribution in [1.29, 1.82) is 0 Å². The zero-order valence-corrected chi connectivity index (χ0v) is 22.0. The van der Waals surface area contributed by atoms with Gasteiger partial charge in [-0.2, -0.15) is 5.10 Å². The second-order valence-electron chi connectivity index (χ2n) is 10.4. The van der Waals surface area contributed by atoms with Gasteiger partial charge in [-0.05, 0) is 68.5 Å². The van der Waals surface area contributed by atoms with Crippen LogP contribution in [-0.2, 0) is 17.9 Å². The molecule has 5 rings (SSSR count). The number of para-hydroxylation sites is 1. The van der Waals surface area contributed by atoms with E-state index in [1.165, 1.54) is 5.56 Å². The number of carbonyl (C=O) groups excluding carboxylic acids is 2. The lowest BCUT2D eigenvalue weighted by atomic mass is 10.1. The van der Waals surface area contributed by atoms with Gasteiger partial charge in [0.2, 0.25) is 5.91 Å². The van der Waals surface area contributed by atoms with Crippen molar-refractivity contribution in [2.45, 2.75) is 71.2 Å². The predicted molar refractivity (Wildman–Crippen MR) is 143 cm³/mol. The number of nitrogens with zero attached hydrogens (tertiary/aromatic N) is 6. The Balaban J connectivity index is 1.55. The Hall–Kier alpha value is -3.52. The first-order valence-corrected chi connectivity index (χ1v) is 13.3. The third-order valence-corrected chi connectivity index (χ3v) is 7.69. The van der Waals surface area contributed by atoms with Gasteiger partial charge in [0.1, 0.15) is 5.69 Å². The van der Waals surface area contributed by atoms with Crippen LogP contribution in [0.2, 0.25) is 0 Å². The van der Waals surface area contributed by atoms with Crippen LogP contribution in [0.4, 0.5) is 5.69 Å². The number of carbonyl (C=O) groups is 2. The molecule has 2 aliphatic heterocycles. The number of hydrogen-bond acceptors (Lipinski definition) is 5. The number of aromatic nitrogens is 3. The van der Waals surface area contributed by atoms with E-state index < -0.39 is 0 Å². The quantitative estimate of drug-likeness (QED) is 0.534. The summed E-state index contributed by atoms with van der Waals surface area (Å²) in [6, 6.07) is 14.6. The van der Waals surface area contributed by atoms with Crippen molar-refractivity contribution >= 4 is 17.5 Å². The second-order valence-corrected chi connectivity index (χ2v) is 10.4. The van der Waals surface area contributed by atoms with Gasteiger partial charge in [-0.25, -0.2) is 0 Å². The Morgan fingerprint density at radius 3 is 2.49 bits per heavy atom. The molecule has 194 valence electrons. The van der Waals surface area contributed by atoms with Crippen molar-refractivity contribution in [2.75, 3.05) is 18.0 Å². The van der Waals surface area contributed by atoms with Crippen LogP contribution < -0.4 is 4.90 Å². The lowest BCUT2D eigenvalue weighted by molar-refractivity contribution is -0.116. The monoisotopic (exact) mass is 500 g/mol. The van der Waals surface area contributed by atoms with Gasteiger partial charge in [0.15, 0.2) is 0 Å². The minimum absolute atomic E-state index is 0.0256. The van der Waals surface area contributed by atoms with Crippen LogP contribution in [0.3, 0.4) is 0 Å². The van der Waals surface area contributed by atoms with Gasteiger partial charge in [0.05, 0.1) is 0 Å². The van der Waals surface area contributed by atoms with Gasteiger partial charge in [-0.3, -0.25) is 24.2 Å². The Labute approximate surface area is 218 Å². The molecule has 37 heavy (non-hydrogen) atoms. The van der Waals surface area contributed by atoms with Gasteiger partial charge in [-0.1, -0.05) is 18.2 Å². The fraction of sp³-hybridized carbons (Fsp3) is 0.448. The minimum Gasteiger partial charge on any atom is -0.331 e. The second kappa shape index (κ2) is 10.8. The molecule has 0 N–H and O–H groups in total. The maximum Gasteiger partial charge on any atom is 0.272 e. The van der Waals surface area contributed by atoms with Crippen LogP contribution in [0.25, 0.3) is 0 Å². The first kappa shape index (κ1) is 25.1. The summed E-state index contributed by atoms with van der Waals surface area (Å²) in [6.07, 6.45) is 8.33. The molecule has 1 saturated heterocycles. The summed E-state index contributed by atoms with van der Waals surface area (Å²) in [6.45, 7) is 8.22. The standard InChI is InChI=1S/C29H36N6O2/c1-21(2)35-28(12-16-31-35)29(37)32-19-24-6-4-5-7-27(24)33(22(3)36)17-13-25-8-9-26(20-32)34(25)18-23-10-14-30-15-11-23/h4-7,10-12,14-16,21,25-26H,8-9,13,17-20H2,1-3H3/t25-,26+/m1/s1. The highest BCUT2D eigenvalue weighted by atomic mass is 16.2. The third kappa shape index (κ3) is 5.30. The number of anilines is 1. The minimum atomic E-state index is -0.0260. The van der Waals surface area contributed by atoms with Crippen molar-refractivity contribution in [1.82, 2.24) is 24.6 Å². The van der Waals surface area contributed by atoms with E-state index in [0.717, 1.165) is 37.1 Å². The Kier molecular flexibility index (Phi) is 7.37. The first-order chi connectivity index (χ1) is 17.9. The highest BCUT2D eigenvalue weighted by Gasteiger charge is 2.37. The number of amides is 2. The highest BCUT2D eigenvalue weighted by molar-refractivity contribution is 5.94. The van der Waals surface area contributed by atoms with E-state index in [-0.39, 0.29) is 23.9 Å². The maximum absolute atomic E-state index is 14.1. The zero-order chi connectivity index (χ0) is 25.9. The lowest BCUT2D eigenvalue weighted by Crippen LogP contribution is -2.45. The summed E-state index contributed by atoms with van der Waals surface area (Å²) in [5.74, 6) is -0.000348. The summed E-state index contributed by atoms with van der Waals surface area (Å²) in [5, 5.41) is 4.42. The molecule has 2 amide bonds. The molecule has 2 aromatic heterocycles. The topological polar surface area (TPSA) is 74.6 Å². The summed E-state index contributed by atoms with van der Waals surface area (Å²) >= 11 is 0. The molecule has 8 heteroatoms. The highest BCUT2D eigenvalue weighted by Crippen LogP contribution is 2.33. The van der Waals surface area contributed by atoms with E-state index in [2.05, 4.69) is 27.1 Å². The molecule has 1 fully saturated rings. The van der Waals surface area contributed by atoms with Crippen LogP contribution in [-0.4, -0.2) is 61.6 Å². The van der Waals surface area contributed by atoms with Crippen LogP contribution in [0.15, 0.2) is 61.1 Å². The summed E-state index contributed by atoms with van der Waals surface area (Å²) in [5.41, 5.74) is 3.69. The smallest absolute Gasteiger partial charge is 0.272 e. The van der Waals surface area contributed by atoms with Crippen molar-refractivity contribution in [3.05, 3.63) is 77.9 Å². The molecule has 2 atom stereocenters. The van der Waals surface area contributed by atoms with Crippen molar-refractivity contribution in [3.63, 3.8) is 0 Å². The number of hydrogen-bond donors (Lipinski definition) is 0. The van der Waals surface area contributed by atoms with Gasteiger partial charge in [-0.15, -0.1) is 0 Å². The molecule has 8 nitrogen and oxygen atoms in total. The molecule has 0 radical (unpaired) electrons. The zero-order valence-electron chi connectivity index (χ0n) is 22.0. The normalized spacial score (nSPS) is 20.5. The molecular weight excluding hydrogens is 464 g/mol. The molecular formula is C29H36N6O2. The van der Waals surface area contributed by atoms with E-state index in [1.54, 1.807) is 17.8 Å². The van der Waals surface area contributed by atoms with E-state index in [9.17, 15) is 9.59 Å². The Bertz CT molecular complexity index is 1240. The van der Waals surface area contributed by atoms with E-state index in [4.69, 9.17) is 0 Å². The van der Waals surface area contributed by atoms with E-state index >= 15 is 0 Å². The summed E-state index contributed by atoms with van der Waals surface area (Å²) in [7, 11) is 0. The predicted octanol–water partition coefficient (Wildman–Crippen LogP) is 4.29. The van der Waals surface area contributed by atoms with Crippen molar-refractivity contribution in [3.8, 4) is 0 Å². The first-order valence-electron chi connectivity index (χ1n) is 13.3. The molecule has 1 aromatic carbocycles. The largest absolute Gasteiger partial charge is 0.331 e. The molecule has 3 aromatic rings. The molecule has 2 aliphatic rings. The summed E-state index contributed by atoms with van der Waals surface area (Å²) in [4.78, 5) is 37.5. The van der Waals surface area contributed by atoms with Crippen LogP contribution in [0, 0.1) is 0 Å². The van der Waals surface area contributed by atoms with Gasteiger partial charge < -0.3 is 9.80 Å². The van der Waals surface area contributed by atoms with Crippen LogP contribution in [0.1, 0.15) is 67.7 Å². The fourth-order valence-electron chi connectivity index (χ4n) is 5.85. The summed E-state index contributed by atoms with van der Waals surface area (Å²) < 4.78 is 1.80. The average molecular weight is 501 g/mol. The Morgan fingerprint density at radius 2 is 1.73 bits per heavy atom. The van der Waals surface area contributed by atoms with Gasteiger partial charge >= 0.3 is 0 Å².